The van der Waals surface area contributed by atoms with E-state index in [0.717, 1.165) is 54.2 Å². The van der Waals surface area contributed by atoms with E-state index in [9.17, 15) is 9.59 Å². The van der Waals surface area contributed by atoms with Gasteiger partial charge in [0.05, 0.1) is 0 Å². The lowest BCUT2D eigenvalue weighted by atomic mass is 9.94. The molecule has 0 aromatic heterocycles. The standard InChI is InChI=1S/C26H24ClN3O2/c27-20-8-5-9-21(18-20)29-16-14-28(15-17-29)12-1-2-13-30-25(31)22-10-3-6-19-7-4-11-23(24(19)22)26(30)32/h1-11,18H,12-17H2. The van der Waals surface area contributed by atoms with Crippen molar-refractivity contribution in [2.24, 2.45) is 0 Å². The number of benzene rings is 3. The van der Waals surface area contributed by atoms with Crippen molar-refractivity contribution in [3.05, 3.63) is 89.0 Å². The van der Waals surface area contributed by atoms with Gasteiger partial charge in [-0.15, -0.1) is 0 Å². The molecule has 3 aromatic rings. The van der Waals surface area contributed by atoms with Gasteiger partial charge in [-0.2, -0.15) is 0 Å². The van der Waals surface area contributed by atoms with Gasteiger partial charge in [0.15, 0.2) is 0 Å². The van der Waals surface area contributed by atoms with Crippen LogP contribution in [0.25, 0.3) is 10.8 Å². The zero-order valence-electron chi connectivity index (χ0n) is 17.7. The van der Waals surface area contributed by atoms with Crippen LogP contribution in [0.4, 0.5) is 5.69 Å². The Balaban J connectivity index is 1.18. The van der Waals surface area contributed by atoms with E-state index in [1.807, 2.05) is 48.5 Å². The van der Waals surface area contributed by atoms with Crippen LogP contribution in [-0.2, 0) is 0 Å². The molecular formula is C26H24ClN3O2. The molecule has 2 aliphatic rings. The van der Waals surface area contributed by atoms with Crippen molar-refractivity contribution in [3.63, 3.8) is 0 Å². The summed E-state index contributed by atoms with van der Waals surface area (Å²) in [5.41, 5.74) is 2.36. The molecule has 2 aliphatic heterocycles. The number of carbonyl (C=O) groups is 2. The molecule has 0 radical (unpaired) electrons. The zero-order chi connectivity index (χ0) is 22.1. The number of carbonyl (C=O) groups excluding carboxylic acids is 2. The first-order chi connectivity index (χ1) is 15.6. The van der Waals surface area contributed by atoms with Crippen LogP contribution < -0.4 is 4.90 Å². The predicted molar refractivity (Wildman–Crippen MR) is 129 cm³/mol. The first kappa shape index (κ1) is 20.7. The number of hydrogen-bond donors (Lipinski definition) is 0. The van der Waals surface area contributed by atoms with E-state index in [1.54, 1.807) is 12.1 Å². The maximum Gasteiger partial charge on any atom is 0.261 e. The summed E-state index contributed by atoms with van der Waals surface area (Å²) in [5, 5.41) is 2.45. The van der Waals surface area contributed by atoms with Crippen LogP contribution in [0.15, 0.2) is 72.8 Å². The Morgan fingerprint density at radius 2 is 1.41 bits per heavy atom. The van der Waals surface area contributed by atoms with Gasteiger partial charge in [-0.1, -0.05) is 54.1 Å². The summed E-state index contributed by atoms with van der Waals surface area (Å²) in [4.78, 5) is 31.9. The van der Waals surface area contributed by atoms with Crippen LogP contribution in [0.1, 0.15) is 20.7 Å². The minimum atomic E-state index is -0.223. The molecular weight excluding hydrogens is 422 g/mol. The van der Waals surface area contributed by atoms with E-state index in [0.29, 0.717) is 11.1 Å². The van der Waals surface area contributed by atoms with Gasteiger partial charge in [0, 0.05) is 66.5 Å². The minimum absolute atomic E-state index is 0.223. The number of rotatable bonds is 5. The molecule has 5 nitrogen and oxygen atoms in total. The maximum absolute atomic E-state index is 13.0. The topological polar surface area (TPSA) is 43.9 Å². The normalized spacial score (nSPS) is 17.0. The van der Waals surface area contributed by atoms with Crippen LogP contribution in [0.2, 0.25) is 5.02 Å². The second kappa shape index (κ2) is 8.77. The van der Waals surface area contributed by atoms with Crippen LogP contribution in [-0.4, -0.2) is 60.9 Å². The third kappa shape index (κ3) is 3.90. The molecule has 0 N–H and O–H groups in total. The summed E-state index contributed by atoms with van der Waals surface area (Å²) in [6.07, 6.45) is 3.98. The SMILES string of the molecule is O=C1c2cccc3cccc(c23)C(=O)N1CC=CCN1CCN(c2cccc(Cl)c2)CC1. The molecule has 1 fully saturated rings. The predicted octanol–water partition coefficient (Wildman–Crippen LogP) is 4.47. The van der Waals surface area contributed by atoms with Gasteiger partial charge in [-0.3, -0.25) is 19.4 Å². The van der Waals surface area contributed by atoms with Crippen LogP contribution in [0, 0.1) is 0 Å². The number of nitrogens with zero attached hydrogens (tertiary/aromatic N) is 3. The molecule has 162 valence electrons. The van der Waals surface area contributed by atoms with E-state index < -0.39 is 0 Å². The van der Waals surface area contributed by atoms with E-state index in [2.05, 4.69) is 21.9 Å². The fraction of sp³-hybridized carbons (Fsp3) is 0.231. The monoisotopic (exact) mass is 445 g/mol. The lowest BCUT2D eigenvalue weighted by Crippen LogP contribution is -2.46. The lowest BCUT2D eigenvalue weighted by molar-refractivity contribution is 0.0628. The minimum Gasteiger partial charge on any atom is -0.369 e. The van der Waals surface area contributed by atoms with Gasteiger partial charge in [-0.25, -0.2) is 0 Å². The molecule has 0 saturated carbocycles. The fourth-order valence-electron chi connectivity index (χ4n) is 4.51. The average molecular weight is 446 g/mol. The summed E-state index contributed by atoms with van der Waals surface area (Å²) in [6.45, 7) is 4.87. The van der Waals surface area contributed by atoms with Crippen molar-refractivity contribution in [1.29, 1.82) is 0 Å². The fourth-order valence-corrected chi connectivity index (χ4v) is 4.70. The Morgan fingerprint density at radius 1 is 0.781 bits per heavy atom. The summed E-state index contributed by atoms with van der Waals surface area (Å²) < 4.78 is 0. The summed E-state index contributed by atoms with van der Waals surface area (Å²) in [5.74, 6) is -0.446. The highest BCUT2D eigenvalue weighted by molar-refractivity contribution is 6.30. The molecule has 0 unspecified atom stereocenters. The van der Waals surface area contributed by atoms with Crippen molar-refractivity contribution in [3.8, 4) is 0 Å². The number of piperazine rings is 1. The maximum atomic E-state index is 13.0. The third-order valence-corrected chi connectivity index (χ3v) is 6.45. The van der Waals surface area contributed by atoms with Gasteiger partial charge in [0.1, 0.15) is 0 Å². The zero-order valence-corrected chi connectivity index (χ0v) is 18.5. The van der Waals surface area contributed by atoms with Crippen molar-refractivity contribution < 1.29 is 9.59 Å². The number of amides is 2. The molecule has 2 heterocycles. The second-order valence-electron chi connectivity index (χ2n) is 8.17. The Hall–Kier alpha value is -3.15. The van der Waals surface area contributed by atoms with Gasteiger partial charge in [0.2, 0.25) is 0 Å². The first-order valence-electron chi connectivity index (χ1n) is 10.9. The number of hydrogen-bond acceptors (Lipinski definition) is 4. The molecule has 2 amide bonds. The number of halogens is 1. The van der Waals surface area contributed by atoms with Gasteiger partial charge in [-0.05, 0) is 35.7 Å². The molecule has 0 aliphatic carbocycles. The van der Waals surface area contributed by atoms with Gasteiger partial charge < -0.3 is 4.90 Å². The molecule has 1 saturated heterocycles. The summed E-state index contributed by atoms with van der Waals surface area (Å²) in [7, 11) is 0. The molecule has 3 aromatic carbocycles. The van der Waals surface area contributed by atoms with E-state index in [4.69, 9.17) is 11.6 Å². The van der Waals surface area contributed by atoms with E-state index in [1.165, 1.54) is 4.90 Å². The molecule has 0 spiro atoms. The van der Waals surface area contributed by atoms with Gasteiger partial charge >= 0.3 is 0 Å². The Bertz CT molecular complexity index is 1160. The van der Waals surface area contributed by atoms with Crippen molar-refractivity contribution in [1.82, 2.24) is 9.80 Å². The van der Waals surface area contributed by atoms with E-state index in [-0.39, 0.29) is 18.4 Å². The summed E-state index contributed by atoms with van der Waals surface area (Å²) >= 11 is 6.11. The molecule has 6 heteroatoms. The molecule has 0 atom stereocenters. The Kier molecular flexibility index (Phi) is 5.68. The van der Waals surface area contributed by atoms with Crippen LogP contribution in [0.5, 0.6) is 0 Å². The largest absolute Gasteiger partial charge is 0.369 e. The highest BCUT2D eigenvalue weighted by atomic mass is 35.5. The third-order valence-electron chi connectivity index (χ3n) is 6.22. The molecule has 0 bridgehead atoms. The van der Waals surface area contributed by atoms with Crippen molar-refractivity contribution >= 4 is 39.9 Å². The lowest BCUT2D eigenvalue weighted by Gasteiger charge is -2.35. The Morgan fingerprint density at radius 3 is 2.06 bits per heavy atom. The van der Waals surface area contributed by atoms with Crippen molar-refractivity contribution in [2.75, 3.05) is 44.2 Å². The smallest absolute Gasteiger partial charge is 0.261 e. The molecule has 32 heavy (non-hydrogen) atoms. The number of imide groups is 1. The highest BCUT2D eigenvalue weighted by Gasteiger charge is 2.31. The summed E-state index contributed by atoms with van der Waals surface area (Å²) in [6, 6.07) is 19.2. The quantitative estimate of drug-likeness (QED) is 0.429. The van der Waals surface area contributed by atoms with Crippen molar-refractivity contribution in [2.45, 2.75) is 0 Å². The Labute approximate surface area is 192 Å². The van der Waals surface area contributed by atoms with E-state index >= 15 is 0 Å². The van der Waals surface area contributed by atoms with Crippen LogP contribution in [0.3, 0.4) is 0 Å². The highest BCUT2D eigenvalue weighted by Crippen LogP contribution is 2.29. The average Bonchev–Trinajstić information content (AvgIpc) is 2.82. The first-order valence-corrected chi connectivity index (χ1v) is 11.3. The van der Waals surface area contributed by atoms with Crippen LogP contribution >= 0.6 is 11.6 Å². The van der Waals surface area contributed by atoms with Gasteiger partial charge in [0.25, 0.3) is 11.8 Å². The second-order valence-corrected chi connectivity index (χ2v) is 8.61. The number of anilines is 1. The molecule has 5 rings (SSSR count).